The maximum atomic E-state index is 13.1. The minimum atomic E-state index is -0.596. The molecule has 170 valence electrons. The Labute approximate surface area is 192 Å². The number of nitro groups is 1. The van der Waals surface area contributed by atoms with Gasteiger partial charge in [-0.1, -0.05) is 13.0 Å². The Balaban J connectivity index is 1.89. The molecule has 1 aliphatic heterocycles. The van der Waals surface area contributed by atoms with E-state index in [1.54, 1.807) is 31.2 Å². The van der Waals surface area contributed by atoms with Crippen molar-refractivity contribution in [3.05, 3.63) is 103 Å². The van der Waals surface area contributed by atoms with Crippen LogP contribution in [0.5, 0.6) is 0 Å². The molecular weight excluding hydrogens is 448 g/mol. The summed E-state index contributed by atoms with van der Waals surface area (Å²) in [7, 11) is 0. The highest BCUT2D eigenvalue weighted by molar-refractivity contribution is 7.11. The summed E-state index contributed by atoms with van der Waals surface area (Å²) in [5, 5.41) is 47.7. The van der Waals surface area contributed by atoms with Crippen molar-refractivity contribution >= 4 is 39.7 Å². The molecule has 3 aromatic rings. The molecule has 0 unspecified atom stereocenters. The van der Waals surface area contributed by atoms with Crippen LogP contribution in [0.15, 0.2) is 77.7 Å². The summed E-state index contributed by atoms with van der Waals surface area (Å²) in [6.45, 7) is 1.84. The number of rotatable bonds is 7. The van der Waals surface area contributed by atoms with Crippen LogP contribution in [0.3, 0.4) is 0 Å². The van der Waals surface area contributed by atoms with E-state index in [1.807, 2.05) is 17.5 Å². The minimum absolute atomic E-state index is 0.0256. The first-order chi connectivity index (χ1) is 15.9. The van der Waals surface area contributed by atoms with Gasteiger partial charge in [0.05, 0.1) is 38.5 Å². The van der Waals surface area contributed by atoms with Gasteiger partial charge in [-0.2, -0.15) is 0 Å². The quantitative estimate of drug-likeness (QED) is 0.302. The van der Waals surface area contributed by atoms with Crippen LogP contribution in [0.2, 0.25) is 0 Å². The van der Waals surface area contributed by atoms with Crippen molar-refractivity contribution in [2.24, 2.45) is 0 Å². The zero-order valence-corrected chi connectivity index (χ0v) is 18.1. The van der Waals surface area contributed by atoms with Crippen molar-refractivity contribution in [1.82, 2.24) is 5.43 Å². The fourth-order valence-electron chi connectivity index (χ4n) is 3.40. The summed E-state index contributed by atoms with van der Waals surface area (Å²) < 4.78 is 5.32. The number of ether oxygens (including phenoxy) is 1. The Hall–Kier alpha value is -4.06. The molecule has 0 saturated heterocycles. The molecule has 0 atom stereocenters. The molecule has 2 heterocycles. The van der Waals surface area contributed by atoms with Gasteiger partial charge < -0.3 is 20.3 Å². The second-order valence-electron chi connectivity index (χ2n) is 6.84. The molecule has 0 radical (unpaired) electrons. The smallest absolute Gasteiger partial charge is 0.269 e. The fourth-order valence-corrected chi connectivity index (χ4v) is 4.13. The lowest BCUT2D eigenvalue weighted by atomic mass is 10.0. The van der Waals surface area contributed by atoms with E-state index in [1.165, 1.54) is 40.6 Å². The summed E-state index contributed by atoms with van der Waals surface area (Å²) >= 11 is 1.46. The largest absolute Gasteiger partial charge is 0.733 e. The average Bonchev–Trinajstić information content (AvgIpc) is 3.47. The highest BCUT2D eigenvalue weighted by atomic mass is 32.1. The first-order valence-electron chi connectivity index (χ1n) is 9.81. The molecule has 0 aliphatic carbocycles. The zero-order chi connectivity index (χ0) is 23.5. The number of hydrazine groups is 1. The van der Waals surface area contributed by atoms with E-state index in [-0.39, 0.29) is 28.9 Å². The number of allylic oxidation sites excluding steroid dienone is 1. The van der Waals surface area contributed by atoms with E-state index in [0.29, 0.717) is 22.5 Å². The number of nitrogens with zero attached hydrogens (tertiary/aromatic N) is 3. The van der Waals surface area contributed by atoms with Crippen LogP contribution in [-0.2, 0) is 4.74 Å². The lowest BCUT2D eigenvalue weighted by Gasteiger charge is -2.28. The van der Waals surface area contributed by atoms with Gasteiger partial charge in [-0.25, -0.2) is 0 Å². The molecular formula is C22H18N4O6S-2. The predicted molar refractivity (Wildman–Crippen MR) is 123 cm³/mol. The number of anilines is 2. The second-order valence-corrected chi connectivity index (χ2v) is 7.78. The highest BCUT2D eigenvalue weighted by Crippen LogP contribution is 2.42. The molecule has 1 aromatic heterocycles. The Kier molecular flexibility index (Phi) is 6.18. The molecule has 0 saturated carbocycles. The molecule has 4 rings (SSSR count). The standard InChI is InChI=1S/C22H19N4O6S/c1-2-32-22(27)21-19(14-5-7-16(8-6-14)25(28)29)20(18-4-3-13-33-18)23-24(21)15-9-11-17(12-10-15)26(30)31/h3-13,23,27,30H,2H2,1H3/q-1/p-1. The number of hydrogen-bond donors (Lipinski definition) is 2. The van der Waals surface area contributed by atoms with Crippen LogP contribution < -0.4 is 20.8 Å². The van der Waals surface area contributed by atoms with Gasteiger partial charge in [0.2, 0.25) is 0 Å². The molecule has 33 heavy (non-hydrogen) atoms. The van der Waals surface area contributed by atoms with Crippen LogP contribution >= 0.6 is 11.3 Å². The van der Waals surface area contributed by atoms with Gasteiger partial charge in [-0.3, -0.25) is 25.8 Å². The van der Waals surface area contributed by atoms with Crippen LogP contribution in [0.25, 0.3) is 11.3 Å². The summed E-state index contributed by atoms with van der Waals surface area (Å²) in [4.78, 5) is 11.5. The van der Waals surface area contributed by atoms with Gasteiger partial charge in [0, 0.05) is 17.7 Å². The molecule has 1 aliphatic rings. The fraction of sp³-hybridized carbons (Fsp3) is 0.0909. The summed E-state index contributed by atoms with van der Waals surface area (Å²) in [5.41, 5.74) is 5.60. The maximum absolute atomic E-state index is 13.1. The van der Waals surface area contributed by atoms with Crippen molar-refractivity contribution < 1.29 is 20.0 Å². The number of thiophene rings is 1. The summed E-state index contributed by atoms with van der Waals surface area (Å²) in [5.74, 6) is -0.596. The highest BCUT2D eigenvalue weighted by Gasteiger charge is 2.32. The minimum Gasteiger partial charge on any atom is -0.733 e. The van der Waals surface area contributed by atoms with Crippen LogP contribution in [0.1, 0.15) is 17.4 Å². The molecule has 11 heteroatoms. The van der Waals surface area contributed by atoms with E-state index in [9.17, 15) is 20.4 Å². The lowest BCUT2D eigenvalue weighted by molar-refractivity contribution is -0.384. The van der Waals surface area contributed by atoms with E-state index >= 15 is 0 Å². The Bertz CT molecular complexity index is 1200. The van der Waals surface area contributed by atoms with E-state index in [4.69, 9.17) is 9.94 Å². The lowest BCUT2D eigenvalue weighted by Crippen LogP contribution is -2.33. The van der Waals surface area contributed by atoms with E-state index < -0.39 is 10.9 Å². The van der Waals surface area contributed by atoms with Gasteiger partial charge >= 0.3 is 0 Å². The topological polar surface area (TPSA) is 137 Å². The van der Waals surface area contributed by atoms with Crippen molar-refractivity contribution in [3.63, 3.8) is 0 Å². The van der Waals surface area contributed by atoms with Gasteiger partial charge in [0.15, 0.2) is 0 Å². The molecule has 0 fully saturated rings. The van der Waals surface area contributed by atoms with Gasteiger partial charge in [-0.05, 0) is 60.0 Å². The predicted octanol–water partition coefficient (Wildman–Crippen LogP) is 3.81. The molecule has 0 bridgehead atoms. The maximum Gasteiger partial charge on any atom is 0.269 e. The zero-order valence-electron chi connectivity index (χ0n) is 17.3. The van der Waals surface area contributed by atoms with Gasteiger partial charge in [0.25, 0.3) is 5.69 Å². The van der Waals surface area contributed by atoms with Gasteiger partial charge in [0.1, 0.15) is 0 Å². The Morgan fingerprint density at radius 1 is 1.18 bits per heavy atom. The van der Waals surface area contributed by atoms with Crippen LogP contribution in [-0.4, -0.2) is 16.7 Å². The first-order valence-corrected chi connectivity index (χ1v) is 10.7. The average molecular weight is 466 g/mol. The van der Waals surface area contributed by atoms with Crippen molar-refractivity contribution in [3.8, 4) is 0 Å². The molecule has 0 spiro atoms. The Morgan fingerprint density at radius 3 is 2.42 bits per heavy atom. The third-order valence-corrected chi connectivity index (χ3v) is 5.75. The van der Waals surface area contributed by atoms with Crippen molar-refractivity contribution in [2.45, 2.75) is 6.92 Å². The molecule has 2 aromatic carbocycles. The number of nitro benzene ring substituents is 1. The number of benzene rings is 2. The van der Waals surface area contributed by atoms with E-state index in [0.717, 1.165) is 4.88 Å². The summed E-state index contributed by atoms with van der Waals surface area (Å²) in [6.07, 6.45) is 0. The van der Waals surface area contributed by atoms with Crippen molar-refractivity contribution in [2.75, 3.05) is 16.8 Å². The number of non-ortho nitro benzene ring substituents is 1. The molecule has 10 nitrogen and oxygen atoms in total. The second kappa shape index (κ2) is 9.20. The number of hydrogen-bond acceptors (Lipinski definition) is 10. The molecule has 2 N–H and O–H groups in total. The normalized spacial score (nSPS) is 14.8. The van der Waals surface area contributed by atoms with Gasteiger partial charge in [-0.15, -0.1) is 11.3 Å². The van der Waals surface area contributed by atoms with Crippen LogP contribution in [0.4, 0.5) is 17.1 Å². The number of nitrogens with one attached hydrogen (secondary N) is 1. The van der Waals surface area contributed by atoms with Crippen LogP contribution in [0, 0.1) is 15.3 Å². The Morgan fingerprint density at radius 2 is 1.88 bits per heavy atom. The monoisotopic (exact) mass is 466 g/mol. The third kappa shape index (κ3) is 4.32. The molecule has 0 amide bonds. The van der Waals surface area contributed by atoms with E-state index in [2.05, 4.69) is 5.43 Å². The SMILES string of the molecule is CCOC([O-])=C1C(c2ccc([N+](=O)[O-])cc2)=C(c2cccs2)NN1c1ccc(N([O-])O)cc1. The van der Waals surface area contributed by atoms with Crippen molar-refractivity contribution in [1.29, 1.82) is 0 Å². The first kappa shape index (κ1) is 22.1. The summed E-state index contributed by atoms with van der Waals surface area (Å²) in [6, 6.07) is 15.6. The third-order valence-electron chi connectivity index (χ3n) is 4.87.